The minimum atomic E-state index is -4.73. The quantitative estimate of drug-likeness (QED) is 0.555. The number of carbonyl (C=O) groups excluding carboxylic acids is 1. The molecule has 1 aromatic heterocycles. The maximum atomic E-state index is 12.9. The van der Waals surface area contributed by atoms with Gasteiger partial charge in [0.25, 0.3) is 5.92 Å². The predicted octanol–water partition coefficient (Wildman–Crippen LogP) is 3.69. The van der Waals surface area contributed by atoms with Gasteiger partial charge in [-0.15, -0.1) is 0 Å². The summed E-state index contributed by atoms with van der Waals surface area (Å²) in [5, 5.41) is 4.23. The van der Waals surface area contributed by atoms with Gasteiger partial charge in [-0.2, -0.15) is 18.2 Å². The highest BCUT2D eigenvalue weighted by atomic mass is 19.4. The Morgan fingerprint density at radius 1 is 1.33 bits per heavy atom. The number of benzene rings is 1. The molecule has 146 valence electrons. The molecule has 1 unspecified atom stereocenters. The van der Waals surface area contributed by atoms with E-state index in [-0.39, 0.29) is 30.8 Å². The maximum absolute atomic E-state index is 12.9. The minimum absolute atomic E-state index is 0.00600. The average molecular weight is 391 g/mol. The highest BCUT2D eigenvalue weighted by Crippen LogP contribution is 2.50. The summed E-state index contributed by atoms with van der Waals surface area (Å²) >= 11 is 0. The number of amides is 1. The van der Waals surface area contributed by atoms with Crippen LogP contribution in [0.3, 0.4) is 0 Å². The minimum Gasteiger partial charge on any atom is -0.329 e. The molecular formula is C16H14F5N3O3. The number of halogens is 5. The van der Waals surface area contributed by atoms with Crippen LogP contribution in [0.5, 0.6) is 0 Å². The molecule has 0 saturated heterocycles. The zero-order valence-corrected chi connectivity index (χ0v) is 14.0. The summed E-state index contributed by atoms with van der Waals surface area (Å²) in [6, 6.07) is 5.97. The van der Waals surface area contributed by atoms with Crippen molar-refractivity contribution in [2.24, 2.45) is 5.92 Å². The van der Waals surface area contributed by atoms with Crippen LogP contribution in [0.4, 0.5) is 22.0 Å². The van der Waals surface area contributed by atoms with Gasteiger partial charge in [0, 0.05) is 24.3 Å². The Hall–Kier alpha value is -2.56. The second kappa shape index (κ2) is 6.87. The second-order valence-electron chi connectivity index (χ2n) is 6.10. The van der Waals surface area contributed by atoms with E-state index in [0.29, 0.717) is 5.56 Å². The standard InChI is InChI=1S/C16H14F5N3O3/c1-26-24(12(25)6-11-7-15(11,17)18)8-9-2-4-10(5-3-9)13-22-14(27-23-13)16(19,20)21/h2-5,11H,6-8H2,1H3. The SMILES string of the molecule is CON(Cc1ccc(-c2noc(C(F)(F)F)n2)cc1)C(=O)CC1CC1(F)F. The Labute approximate surface area is 149 Å². The summed E-state index contributed by atoms with van der Waals surface area (Å²) in [6.45, 7) is -0.00600. The third kappa shape index (κ3) is 4.41. The van der Waals surface area contributed by atoms with E-state index >= 15 is 0 Å². The first-order chi connectivity index (χ1) is 12.6. The van der Waals surface area contributed by atoms with Gasteiger partial charge >= 0.3 is 12.1 Å². The molecule has 2 aromatic rings. The molecule has 1 aromatic carbocycles. The van der Waals surface area contributed by atoms with E-state index < -0.39 is 29.8 Å². The Balaban J connectivity index is 1.64. The predicted molar refractivity (Wildman–Crippen MR) is 80.0 cm³/mol. The van der Waals surface area contributed by atoms with Crippen LogP contribution in [0.15, 0.2) is 28.8 Å². The number of nitrogens with zero attached hydrogens (tertiary/aromatic N) is 3. The molecule has 0 bridgehead atoms. The Kier molecular flexibility index (Phi) is 4.89. The van der Waals surface area contributed by atoms with E-state index in [1.54, 1.807) is 0 Å². The fourth-order valence-electron chi connectivity index (χ4n) is 2.44. The van der Waals surface area contributed by atoms with Crippen LogP contribution in [0, 0.1) is 5.92 Å². The van der Waals surface area contributed by atoms with Crippen molar-refractivity contribution in [1.29, 1.82) is 0 Å². The summed E-state index contributed by atoms with van der Waals surface area (Å²) < 4.78 is 67.5. The van der Waals surface area contributed by atoms with Crippen molar-refractivity contribution in [2.75, 3.05) is 7.11 Å². The lowest BCUT2D eigenvalue weighted by Crippen LogP contribution is -2.30. The monoisotopic (exact) mass is 391 g/mol. The molecule has 1 saturated carbocycles. The largest absolute Gasteiger partial charge is 0.471 e. The molecular weight excluding hydrogens is 377 g/mol. The number of rotatable bonds is 6. The van der Waals surface area contributed by atoms with Crippen molar-refractivity contribution < 1.29 is 36.1 Å². The van der Waals surface area contributed by atoms with Crippen molar-refractivity contribution in [1.82, 2.24) is 15.2 Å². The van der Waals surface area contributed by atoms with E-state index in [1.165, 1.54) is 31.4 Å². The zero-order chi connectivity index (χ0) is 19.8. The summed E-state index contributed by atoms with van der Waals surface area (Å²) in [7, 11) is 1.25. The van der Waals surface area contributed by atoms with Gasteiger partial charge in [0.05, 0.1) is 13.7 Å². The third-order valence-electron chi connectivity index (χ3n) is 4.08. The fraction of sp³-hybridized carbons (Fsp3) is 0.438. The summed E-state index contributed by atoms with van der Waals surface area (Å²) in [5.74, 6) is -6.02. The smallest absolute Gasteiger partial charge is 0.329 e. The molecule has 0 radical (unpaired) electrons. The van der Waals surface area contributed by atoms with Gasteiger partial charge in [0.15, 0.2) is 0 Å². The lowest BCUT2D eigenvalue weighted by Gasteiger charge is -2.19. The summed E-state index contributed by atoms with van der Waals surface area (Å²) in [6.07, 6.45) is -5.36. The average Bonchev–Trinajstić information content (AvgIpc) is 3.01. The van der Waals surface area contributed by atoms with Crippen LogP contribution < -0.4 is 0 Å². The van der Waals surface area contributed by atoms with Gasteiger partial charge in [-0.1, -0.05) is 29.4 Å². The molecule has 27 heavy (non-hydrogen) atoms. The van der Waals surface area contributed by atoms with E-state index in [2.05, 4.69) is 14.7 Å². The molecule has 1 heterocycles. The van der Waals surface area contributed by atoms with Crippen molar-refractivity contribution in [2.45, 2.75) is 31.5 Å². The van der Waals surface area contributed by atoms with Gasteiger partial charge < -0.3 is 4.52 Å². The molecule has 1 aliphatic carbocycles. The summed E-state index contributed by atoms with van der Waals surface area (Å²) in [4.78, 5) is 20.3. The molecule has 3 rings (SSSR count). The first kappa shape index (κ1) is 19.2. The molecule has 1 fully saturated rings. The van der Waals surface area contributed by atoms with Crippen LogP contribution in [0.2, 0.25) is 0 Å². The second-order valence-corrected chi connectivity index (χ2v) is 6.10. The first-order valence-electron chi connectivity index (χ1n) is 7.82. The number of hydrogen-bond acceptors (Lipinski definition) is 5. The number of aromatic nitrogens is 2. The van der Waals surface area contributed by atoms with Crippen LogP contribution in [0.1, 0.15) is 24.3 Å². The number of carbonyl (C=O) groups is 1. The highest BCUT2D eigenvalue weighted by molar-refractivity contribution is 5.76. The molecule has 1 atom stereocenters. The van der Waals surface area contributed by atoms with Crippen molar-refractivity contribution in [3.05, 3.63) is 35.7 Å². The fourth-order valence-corrected chi connectivity index (χ4v) is 2.44. The normalized spacial score (nSPS) is 18.4. The molecule has 1 aliphatic rings. The summed E-state index contributed by atoms with van der Waals surface area (Å²) in [5.41, 5.74) is 0.863. The van der Waals surface area contributed by atoms with Gasteiger partial charge in [0.2, 0.25) is 11.7 Å². The molecule has 0 N–H and O–H groups in total. The van der Waals surface area contributed by atoms with Crippen molar-refractivity contribution in [3.63, 3.8) is 0 Å². The van der Waals surface area contributed by atoms with Gasteiger partial charge in [-0.25, -0.2) is 13.8 Å². The number of hydrogen-bond donors (Lipinski definition) is 0. The zero-order valence-electron chi connectivity index (χ0n) is 14.0. The highest BCUT2D eigenvalue weighted by Gasteiger charge is 2.57. The lowest BCUT2D eigenvalue weighted by molar-refractivity contribution is -0.180. The maximum Gasteiger partial charge on any atom is 0.471 e. The van der Waals surface area contributed by atoms with Gasteiger partial charge in [-0.05, 0) is 5.56 Å². The lowest BCUT2D eigenvalue weighted by atomic mass is 10.1. The molecule has 6 nitrogen and oxygen atoms in total. The van der Waals surface area contributed by atoms with Crippen molar-refractivity contribution >= 4 is 5.91 Å². The van der Waals surface area contributed by atoms with Crippen LogP contribution >= 0.6 is 0 Å². The van der Waals surface area contributed by atoms with E-state index in [9.17, 15) is 26.7 Å². The van der Waals surface area contributed by atoms with E-state index in [1.807, 2.05) is 0 Å². The number of hydroxylamine groups is 2. The van der Waals surface area contributed by atoms with Crippen LogP contribution in [-0.4, -0.2) is 34.1 Å². The number of alkyl halides is 5. The molecule has 0 spiro atoms. The van der Waals surface area contributed by atoms with E-state index in [4.69, 9.17) is 4.84 Å². The molecule has 0 aliphatic heterocycles. The topological polar surface area (TPSA) is 68.5 Å². The van der Waals surface area contributed by atoms with Gasteiger partial charge in [-0.3, -0.25) is 9.63 Å². The third-order valence-corrected chi connectivity index (χ3v) is 4.08. The Morgan fingerprint density at radius 3 is 2.44 bits per heavy atom. The van der Waals surface area contributed by atoms with Crippen LogP contribution in [-0.2, 0) is 22.4 Å². The van der Waals surface area contributed by atoms with E-state index in [0.717, 1.165) is 5.06 Å². The molecule has 1 amide bonds. The Morgan fingerprint density at radius 2 is 1.96 bits per heavy atom. The Bertz CT molecular complexity index is 819. The molecule has 11 heteroatoms. The van der Waals surface area contributed by atoms with Crippen molar-refractivity contribution in [3.8, 4) is 11.4 Å². The van der Waals surface area contributed by atoms with Gasteiger partial charge in [0.1, 0.15) is 0 Å². The first-order valence-corrected chi connectivity index (χ1v) is 7.82. The van der Waals surface area contributed by atoms with Crippen LogP contribution in [0.25, 0.3) is 11.4 Å².